The van der Waals surface area contributed by atoms with Crippen LogP contribution >= 0.6 is 15.9 Å². The number of esters is 7. The molecule has 43 nitrogen and oxygen atoms in total. The van der Waals surface area contributed by atoms with Crippen LogP contribution in [0.4, 0.5) is 45.5 Å². The van der Waals surface area contributed by atoms with E-state index < -0.39 is 88.6 Å². The van der Waals surface area contributed by atoms with Crippen molar-refractivity contribution in [2.75, 3.05) is 64.4 Å². The average molecular weight is 1930 g/mol. The third-order valence-electron chi connectivity index (χ3n) is 18.6. The number of nitro benzene ring substituents is 6. The maximum atomic E-state index is 12.5. The molecule has 0 radical (unpaired) electrons. The molecule has 133 heavy (non-hydrogen) atoms. The fourth-order valence-electron chi connectivity index (χ4n) is 11.8. The van der Waals surface area contributed by atoms with Crippen molar-refractivity contribution in [1.82, 2.24) is 4.90 Å². The summed E-state index contributed by atoms with van der Waals surface area (Å²) in [7, 11) is 6.15. The lowest BCUT2D eigenvalue weighted by Crippen LogP contribution is -2.49. The number of aryl methyl sites for hydroxylation is 9. The van der Waals surface area contributed by atoms with Gasteiger partial charge in [0, 0.05) is 184 Å². The van der Waals surface area contributed by atoms with Crippen molar-refractivity contribution < 1.29 is 130 Å². The molecule has 44 heteroatoms. The summed E-state index contributed by atoms with van der Waals surface area (Å²) in [6.07, 6.45) is 5.39. The Hall–Kier alpha value is -14.6. The molecule has 0 spiro atoms. The van der Waals surface area contributed by atoms with Crippen LogP contribution in [0.2, 0.25) is 0 Å². The summed E-state index contributed by atoms with van der Waals surface area (Å²) in [5.41, 5.74) is 14.0. The first-order valence-electron chi connectivity index (χ1n) is 40.4. The lowest BCUT2D eigenvalue weighted by molar-refractivity contribution is -0.385. The van der Waals surface area contributed by atoms with Crippen molar-refractivity contribution in [2.45, 2.75) is 192 Å². The average Bonchev–Trinajstić information content (AvgIpc) is 0.794. The number of carboxylic acids is 1. The van der Waals surface area contributed by atoms with E-state index >= 15 is 0 Å². The number of rotatable bonds is 25. The van der Waals surface area contributed by atoms with Gasteiger partial charge in [0.15, 0.2) is 11.6 Å². The molecule has 0 bridgehead atoms. The maximum absolute atomic E-state index is 12.5. The number of halogens is 1. The summed E-state index contributed by atoms with van der Waals surface area (Å²) in [5.74, 6) is -10.0. The van der Waals surface area contributed by atoms with Crippen molar-refractivity contribution in [1.29, 1.82) is 0 Å². The van der Waals surface area contributed by atoms with Crippen LogP contribution in [0.25, 0.3) is 0 Å². The predicted octanol–water partition coefficient (Wildman–Crippen LogP) is 13.8. The van der Waals surface area contributed by atoms with Crippen LogP contribution in [0.15, 0.2) is 125 Å². The molecular weight excluding hydrogens is 1820 g/mol. The van der Waals surface area contributed by atoms with E-state index in [1.807, 2.05) is 27.7 Å². The maximum Gasteiger partial charge on any atom is 0.331 e. The summed E-state index contributed by atoms with van der Waals surface area (Å²) in [5, 5.41) is 72.4. The Morgan fingerprint density at radius 1 is 0.511 bits per heavy atom. The Morgan fingerprint density at radius 2 is 0.865 bits per heavy atom. The van der Waals surface area contributed by atoms with Gasteiger partial charge in [0.25, 0.3) is 51.6 Å². The number of Topliss-reactive ketones (excluding diaryl/α,β-unsaturated/α-hetero) is 3. The van der Waals surface area contributed by atoms with Gasteiger partial charge in [-0.05, 0) is 137 Å². The standard InChI is InChI=1S/C17H19NO7.C15H17N3O4.C12H12N2O4.C12H15NO4.C11H13NO4.C7H6BrNO2.C6H8O4.C4H9NO2.C4H8O2.CH4/c1-10-7-8-12(18(22)23)9-11(10)5-4-6-13(19)14-15(20)24-17(2,3)25-16(14)21;1-10-4-5-11(18(21)22)8-13(10)17-7-6-14(19)12(15(17)20)9-16(2)3;1-8-2-3-9(14(17)18)6-11(8)13-5-4-10(15)7-12(13)16;1-9-6-7-11(13(15)16)8-10(9)4-3-5-12(14)17-2;1-8-5-6-10(12(15)16)7-9(8)3-2-4-11(13)14;1-5-2-3-6(9(10)11)4-7(5)8;1-6(2)9-4(7)3-5(8)10-6;1-7-4(6)2-3-5;1-3-6-4(2)5;/h7-9,14H,4-6H2,1-3H3;4-5,8-9H,6-7H2,1-3H3;2-3,6H,4-5,7H2,1H3;6-8H,3-5H2,1-2H3;5-7H,2-4H2,1H3,(H,13,14);2-4H,1H3;3H2,1-2H3;2-3,5H2,1H3;3H2,1-2H3;1H4/b;12-9+;;;;;;;;. The van der Waals surface area contributed by atoms with E-state index in [-0.39, 0.29) is 121 Å². The number of anilines is 2. The quantitative estimate of drug-likeness (QED) is 0.0102. The number of carbonyl (C=O) groups is 13. The van der Waals surface area contributed by atoms with Gasteiger partial charge in [0.1, 0.15) is 12.2 Å². The van der Waals surface area contributed by atoms with E-state index in [0.717, 1.165) is 54.5 Å². The lowest BCUT2D eigenvalue weighted by Gasteiger charge is -2.32. The molecule has 0 unspecified atom stereocenters. The molecule has 10 rings (SSSR count). The monoisotopic (exact) mass is 1930 g/mol. The van der Waals surface area contributed by atoms with E-state index in [1.54, 1.807) is 82.2 Å². The SMILES string of the molecule is C.CC1(C)OC(=O)CC(=O)O1.CCOC(C)=O.COC(=O)CCCc1cc([N+](=O)[O-])ccc1C.COC(=O)CCN.Cc1ccc([N+](=O)[O-])cc1Br.Cc1ccc([N+](=O)[O-])cc1CCCC(=O)C1C(=O)OC(C)(C)OC1=O.Cc1ccc([N+](=O)[O-])cc1CCCC(=O)O.Cc1ccc([N+](=O)[O-])cc1N1CCC(=O)/C(=C\N(C)C)C1=O.Cc1ccc([N+](=O)[O-])cc1N1CCC(=O)CC1=O. The molecule has 0 saturated carbocycles. The molecule has 4 fully saturated rings. The minimum Gasteiger partial charge on any atom is -0.481 e. The minimum absolute atomic E-state index is 0. The highest BCUT2D eigenvalue weighted by atomic mass is 79.9. The first-order chi connectivity index (χ1) is 61.6. The zero-order chi connectivity index (χ0) is 100. The van der Waals surface area contributed by atoms with Gasteiger partial charge >= 0.3 is 47.8 Å². The number of ether oxygens (including phenoxy) is 7. The third-order valence-corrected chi connectivity index (χ3v) is 19.4. The number of hydrogen-bond donors (Lipinski definition) is 2. The van der Waals surface area contributed by atoms with Crippen LogP contribution in [-0.4, -0.2) is 183 Å². The van der Waals surface area contributed by atoms with E-state index in [2.05, 4.69) is 39.6 Å². The van der Waals surface area contributed by atoms with Gasteiger partial charge in [0.05, 0.1) is 80.2 Å². The number of nitrogens with two attached hydrogens (primary N) is 1. The Labute approximate surface area is 773 Å². The van der Waals surface area contributed by atoms with Gasteiger partial charge in [-0.2, -0.15) is 0 Å². The van der Waals surface area contributed by atoms with Crippen molar-refractivity contribution >= 4 is 138 Å². The largest absolute Gasteiger partial charge is 0.481 e. The summed E-state index contributed by atoms with van der Waals surface area (Å²) in [4.78, 5) is 211. The summed E-state index contributed by atoms with van der Waals surface area (Å²) < 4.78 is 33.2. The molecule has 6 aromatic carbocycles. The third kappa shape index (κ3) is 41.8. The van der Waals surface area contributed by atoms with Crippen molar-refractivity contribution in [3.8, 4) is 0 Å². The Kier molecular flexibility index (Phi) is 49.7. The molecule has 0 aromatic heterocycles. The second-order valence-corrected chi connectivity index (χ2v) is 31.0. The number of carboxylic acid groups (broad SMARTS) is 1. The van der Waals surface area contributed by atoms with Gasteiger partial charge in [-0.1, -0.05) is 59.8 Å². The summed E-state index contributed by atoms with van der Waals surface area (Å²) in [6, 6.07) is 27.4. The molecule has 4 saturated heterocycles. The number of carbonyl (C=O) groups excluding carboxylic acids is 12. The zero-order valence-corrected chi connectivity index (χ0v) is 77.4. The molecule has 3 N–H and O–H groups in total. The highest BCUT2D eigenvalue weighted by Gasteiger charge is 2.47. The second-order valence-electron chi connectivity index (χ2n) is 30.1. The lowest BCUT2D eigenvalue weighted by atomic mass is 9.96. The molecule has 4 heterocycles. The van der Waals surface area contributed by atoms with Gasteiger partial charge < -0.3 is 58.7 Å². The number of hydrogen-bond acceptors (Lipinski definition) is 34. The van der Waals surface area contributed by atoms with Crippen molar-refractivity contribution in [2.24, 2.45) is 11.7 Å². The number of cyclic esters (lactones) is 4. The molecule has 0 aliphatic carbocycles. The molecular formula is C89H111BrN10O33. The Balaban J connectivity index is 0.000000768. The fraction of sp³-hybridized carbons (Fsp3) is 0.427. The van der Waals surface area contributed by atoms with Gasteiger partial charge in [-0.25, -0.2) is 0 Å². The summed E-state index contributed by atoms with van der Waals surface area (Å²) >= 11 is 3.21. The van der Waals surface area contributed by atoms with Gasteiger partial charge in [0.2, 0.25) is 11.8 Å². The van der Waals surface area contributed by atoms with Crippen molar-refractivity contribution in [3.05, 3.63) is 236 Å². The number of amides is 2. The molecule has 722 valence electrons. The van der Waals surface area contributed by atoms with Crippen molar-refractivity contribution in [3.63, 3.8) is 0 Å². The summed E-state index contributed by atoms with van der Waals surface area (Å²) in [6.45, 7) is 21.4. The molecule has 0 atom stereocenters. The van der Waals surface area contributed by atoms with Crippen LogP contribution in [0.1, 0.15) is 170 Å². The smallest absolute Gasteiger partial charge is 0.331 e. The van der Waals surface area contributed by atoms with E-state index in [4.69, 9.17) is 20.3 Å². The molecule has 4 aliphatic heterocycles. The second kappa shape index (κ2) is 56.8. The first kappa shape index (κ1) is 116. The van der Waals surface area contributed by atoms with E-state index in [9.17, 15) is 123 Å². The highest BCUT2D eigenvalue weighted by molar-refractivity contribution is 9.10. The van der Waals surface area contributed by atoms with Crippen LogP contribution in [0, 0.1) is 108 Å². The number of nitro groups is 6. The fourth-order valence-corrected chi connectivity index (χ4v) is 12.2. The Morgan fingerprint density at radius 3 is 1.20 bits per heavy atom. The highest BCUT2D eigenvalue weighted by Crippen LogP contribution is 2.33. The van der Waals surface area contributed by atoms with E-state index in [0.29, 0.717) is 88.9 Å². The number of methoxy groups -OCH3 is 2. The van der Waals surface area contributed by atoms with E-state index in [1.165, 1.54) is 132 Å². The number of piperidine rings is 2. The topological polar surface area (TPSA) is 601 Å². The van der Waals surface area contributed by atoms with Crippen LogP contribution in [0.5, 0.6) is 0 Å². The zero-order valence-electron chi connectivity index (χ0n) is 75.8. The predicted molar refractivity (Wildman–Crippen MR) is 484 cm³/mol. The number of benzene rings is 6. The first-order valence-corrected chi connectivity index (χ1v) is 41.2. The molecule has 2 amide bonds. The van der Waals surface area contributed by atoms with Gasteiger partial charge in [-0.3, -0.25) is 123 Å². The minimum atomic E-state index is -1.56. The van der Waals surface area contributed by atoms with Crippen LogP contribution in [0.3, 0.4) is 0 Å². The molecule has 6 aromatic rings. The van der Waals surface area contributed by atoms with Crippen LogP contribution < -0.4 is 15.5 Å². The molecule has 4 aliphatic rings. The Bertz CT molecular complexity index is 5240. The van der Waals surface area contributed by atoms with Crippen LogP contribution in [-0.2, 0) is 115 Å². The normalized spacial score (nSPS) is 14.0. The van der Waals surface area contributed by atoms with Gasteiger partial charge in [-0.15, -0.1) is 0 Å². The number of non-ortho nitro benzene ring substituents is 6. The number of aliphatic carboxylic acids is 1. The number of nitrogens with zero attached hydrogens (tertiary/aromatic N) is 9. The number of ketones is 3.